The van der Waals surface area contributed by atoms with Crippen molar-refractivity contribution in [2.45, 2.75) is 20.3 Å². The van der Waals surface area contributed by atoms with Gasteiger partial charge >= 0.3 is 5.63 Å². The molecule has 0 bridgehead atoms. The minimum Gasteiger partial charge on any atom is -0.507 e. The molecule has 0 saturated heterocycles. The van der Waals surface area contributed by atoms with Gasteiger partial charge in [-0.2, -0.15) is 0 Å². The second-order valence-electron chi connectivity index (χ2n) is 4.06. The molecule has 1 aromatic heterocycles. The summed E-state index contributed by atoms with van der Waals surface area (Å²) in [6.07, 6.45) is 0.385. The van der Waals surface area contributed by atoms with Crippen LogP contribution in [0.4, 0.5) is 0 Å². The molecule has 3 heteroatoms. The highest BCUT2D eigenvalue weighted by atomic mass is 16.4. The van der Waals surface area contributed by atoms with Gasteiger partial charge in [0.05, 0.1) is 5.56 Å². The van der Waals surface area contributed by atoms with E-state index in [2.05, 4.69) is 0 Å². The van der Waals surface area contributed by atoms with E-state index in [1.54, 1.807) is 13.8 Å². The topological polar surface area (TPSA) is 50.4 Å². The van der Waals surface area contributed by atoms with Gasteiger partial charge in [-0.05, 0) is 19.4 Å². The molecule has 17 heavy (non-hydrogen) atoms. The van der Waals surface area contributed by atoms with Gasteiger partial charge in [0.2, 0.25) is 0 Å². The SMILES string of the molecule is Cc1oc(=O)c(Cc2ccccc2)c(O)c1C. The molecule has 0 fully saturated rings. The maximum atomic E-state index is 11.7. The average molecular weight is 230 g/mol. The first-order valence-corrected chi connectivity index (χ1v) is 5.45. The molecule has 0 aliphatic rings. The second-order valence-corrected chi connectivity index (χ2v) is 4.06. The Kier molecular flexibility index (Phi) is 3.00. The van der Waals surface area contributed by atoms with Crippen LogP contribution in [0.2, 0.25) is 0 Å². The summed E-state index contributed by atoms with van der Waals surface area (Å²) >= 11 is 0. The van der Waals surface area contributed by atoms with Gasteiger partial charge in [0.15, 0.2) is 0 Å². The number of benzene rings is 1. The smallest absolute Gasteiger partial charge is 0.343 e. The van der Waals surface area contributed by atoms with Crippen molar-refractivity contribution in [3.05, 3.63) is 63.2 Å². The lowest BCUT2D eigenvalue weighted by molar-refractivity contribution is 0.417. The normalized spacial score (nSPS) is 10.5. The Morgan fingerprint density at radius 3 is 2.47 bits per heavy atom. The van der Waals surface area contributed by atoms with E-state index < -0.39 is 5.63 Å². The quantitative estimate of drug-likeness (QED) is 0.862. The van der Waals surface area contributed by atoms with Crippen LogP contribution in [0.25, 0.3) is 0 Å². The van der Waals surface area contributed by atoms with Crippen LogP contribution in [0.15, 0.2) is 39.5 Å². The molecule has 1 heterocycles. The maximum Gasteiger partial charge on any atom is 0.343 e. The van der Waals surface area contributed by atoms with Crippen LogP contribution in [-0.2, 0) is 6.42 Å². The van der Waals surface area contributed by atoms with Gasteiger partial charge in [-0.25, -0.2) is 4.79 Å². The van der Waals surface area contributed by atoms with Gasteiger partial charge < -0.3 is 9.52 Å². The largest absolute Gasteiger partial charge is 0.507 e. The van der Waals surface area contributed by atoms with Crippen molar-refractivity contribution in [2.75, 3.05) is 0 Å². The summed E-state index contributed by atoms with van der Waals surface area (Å²) in [4.78, 5) is 11.7. The fourth-order valence-corrected chi connectivity index (χ4v) is 1.72. The van der Waals surface area contributed by atoms with E-state index >= 15 is 0 Å². The van der Waals surface area contributed by atoms with Crippen LogP contribution in [0, 0.1) is 13.8 Å². The van der Waals surface area contributed by atoms with E-state index in [9.17, 15) is 9.90 Å². The summed E-state index contributed by atoms with van der Waals surface area (Å²) in [7, 11) is 0. The molecule has 0 aliphatic heterocycles. The molecule has 0 unspecified atom stereocenters. The van der Waals surface area contributed by atoms with Crippen molar-refractivity contribution in [3.63, 3.8) is 0 Å². The first-order valence-electron chi connectivity index (χ1n) is 5.45. The van der Waals surface area contributed by atoms with Crippen LogP contribution in [0.1, 0.15) is 22.5 Å². The van der Waals surface area contributed by atoms with E-state index in [4.69, 9.17) is 4.42 Å². The molecule has 0 atom stereocenters. The van der Waals surface area contributed by atoms with Crippen molar-refractivity contribution in [3.8, 4) is 5.75 Å². The van der Waals surface area contributed by atoms with Crippen LogP contribution >= 0.6 is 0 Å². The molecule has 0 aliphatic carbocycles. The Hall–Kier alpha value is -2.03. The molecule has 2 aromatic rings. The molecule has 3 nitrogen and oxygen atoms in total. The third-order valence-corrected chi connectivity index (χ3v) is 2.89. The molecular formula is C14H14O3. The molecule has 0 amide bonds. The van der Waals surface area contributed by atoms with Crippen LogP contribution < -0.4 is 5.63 Å². The maximum absolute atomic E-state index is 11.7. The fourth-order valence-electron chi connectivity index (χ4n) is 1.72. The molecule has 0 saturated carbocycles. The average Bonchev–Trinajstić information content (AvgIpc) is 2.33. The monoisotopic (exact) mass is 230 g/mol. The van der Waals surface area contributed by atoms with Crippen LogP contribution in [0.3, 0.4) is 0 Å². The number of aromatic hydroxyl groups is 1. The van der Waals surface area contributed by atoms with E-state index in [0.717, 1.165) is 5.56 Å². The predicted molar refractivity (Wildman–Crippen MR) is 65.4 cm³/mol. The Balaban J connectivity index is 2.47. The van der Waals surface area contributed by atoms with E-state index in [1.807, 2.05) is 30.3 Å². The van der Waals surface area contributed by atoms with E-state index in [0.29, 0.717) is 23.3 Å². The second kappa shape index (κ2) is 4.45. The zero-order valence-corrected chi connectivity index (χ0v) is 9.86. The summed E-state index contributed by atoms with van der Waals surface area (Å²) < 4.78 is 5.08. The Morgan fingerprint density at radius 1 is 1.18 bits per heavy atom. The van der Waals surface area contributed by atoms with Crippen molar-refractivity contribution in [1.82, 2.24) is 0 Å². The summed E-state index contributed by atoms with van der Waals surface area (Å²) in [6.45, 7) is 3.41. The van der Waals surface area contributed by atoms with Crippen LogP contribution in [-0.4, -0.2) is 5.11 Å². The van der Waals surface area contributed by atoms with Crippen molar-refractivity contribution in [1.29, 1.82) is 0 Å². The Bertz CT molecular complexity index is 582. The molecule has 1 N–H and O–H groups in total. The summed E-state index contributed by atoms with van der Waals surface area (Å²) in [5.41, 5.74) is 1.45. The van der Waals surface area contributed by atoms with Crippen molar-refractivity contribution in [2.24, 2.45) is 0 Å². The molecular weight excluding hydrogens is 216 g/mol. The summed E-state index contributed by atoms with van der Waals surface area (Å²) in [5, 5.41) is 9.96. The molecule has 2 rings (SSSR count). The predicted octanol–water partition coefficient (Wildman–Crippen LogP) is 2.55. The van der Waals surface area contributed by atoms with Gasteiger partial charge in [0.25, 0.3) is 0 Å². The van der Waals surface area contributed by atoms with Gasteiger partial charge in [0, 0.05) is 12.0 Å². The Morgan fingerprint density at radius 2 is 1.82 bits per heavy atom. The molecule has 0 radical (unpaired) electrons. The van der Waals surface area contributed by atoms with Crippen molar-refractivity contribution >= 4 is 0 Å². The van der Waals surface area contributed by atoms with Gasteiger partial charge in [-0.1, -0.05) is 30.3 Å². The molecule has 1 aromatic carbocycles. The number of hydrogen-bond acceptors (Lipinski definition) is 3. The lowest BCUT2D eigenvalue weighted by Crippen LogP contribution is -2.10. The molecule has 88 valence electrons. The zero-order valence-electron chi connectivity index (χ0n) is 9.86. The standard InChI is InChI=1S/C14H14O3/c1-9-10(2)17-14(16)12(13(9)15)8-11-6-4-3-5-7-11/h3-7,15H,8H2,1-2H3. The minimum absolute atomic E-state index is 0.0441. The third kappa shape index (κ3) is 2.23. The molecule has 0 spiro atoms. The van der Waals surface area contributed by atoms with Gasteiger partial charge in [0.1, 0.15) is 11.5 Å². The van der Waals surface area contributed by atoms with Crippen LogP contribution in [0.5, 0.6) is 5.75 Å². The highest BCUT2D eigenvalue weighted by Gasteiger charge is 2.14. The summed E-state index contributed by atoms with van der Waals surface area (Å²) in [5.74, 6) is 0.506. The van der Waals surface area contributed by atoms with E-state index in [1.165, 1.54) is 0 Å². The minimum atomic E-state index is -0.463. The first-order chi connectivity index (χ1) is 8.09. The Labute approximate surface area is 99.3 Å². The highest BCUT2D eigenvalue weighted by molar-refractivity contribution is 5.41. The van der Waals surface area contributed by atoms with Gasteiger partial charge in [-0.15, -0.1) is 0 Å². The number of aryl methyl sites for hydroxylation is 1. The number of hydrogen-bond donors (Lipinski definition) is 1. The lowest BCUT2D eigenvalue weighted by Gasteiger charge is -2.07. The highest BCUT2D eigenvalue weighted by Crippen LogP contribution is 2.23. The lowest BCUT2D eigenvalue weighted by atomic mass is 10.0. The zero-order chi connectivity index (χ0) is 12.4. The van der Waals surface area contributed by atoms with Gasteiger partial charge in [-0.3, -0.25) is 0 Å². The summed E-state index contributed by atoms with van der Waals surface area (Å²) in [6, 6.07) is 9.53. The number of rotatable bonds is 2. The first kappa shape index (κ1) is 11.5. The van der Waals surface area contributed by atoms with E-state index in [-0.39, 0.29) is 5.75 Å². The fraction of sp³-hybridized carbons (Fsp3) is 0.214. The van der Waals surface area contributed by atoms with Crippen molar-refractivity contribution < 1.29 is 9.52 Å². The third-order valence-electron chi connectivity index (χ3n) is 2.89.